The zero-order chi connectivity index (χ0) is 19.5. The second kappa shape index (κ2) is 19.4. The Bertz CT molecular complexity index is 301. The summed E-state index contributed by atoms with van der Waals surface area (Å²) in [6, 6.07) is 0. The van der Waals surface area contributed by atoms with E-state index in [9.17, 15) is 4.39 Å². The van der Waals surface area contributed by atoms with Crippen molar-refractivity contribution in [3.8, 4) is 0 Å². The molecule has 0 spiro atoms. The van der Waals surface area contributed by atoms with Gasteiger partial charge in [-0.2, -0.15) is 0 Å². The van der Waals surface area contributed by atoms with Crippen LogP contribution in [0.3, 0.4) is 0 Å². The van der Waals surface area contributed by atoms with Gasteiger partial charge in [-0.05, 0) is 45.4 Å². The van der Waals surface area contributed by atoms with E-state index in [1.54, 1.807) is 6.92 Å². The van der Waals surface area contributed by atoms with Gasteiger partial charge < -0.3 is 4.74 Å². The third-order valence-corrected chi connectivity index (χ3v) is 5.18. The third-order valence-electron chi connectivity index (χ3n) is 5.18. The zero-order valence-corrected chi connectivity index (χ0v) is 18.2. The molecule has 26 heavy (non-hydrogen) atoms. The molecule has 1 nitrogen and oxygen atoms in total. The Hall–Kier alpha value is -0.370. The SMILES string of the molecule is C=C(C)CCCOCCCCC(C)CCCCCCCCCCC(C)F. The number of allylic oxidation sites excluding steroid dienone is 1. The molecule has 0 fully saturated rings. The van der Waals surface area contributed by atoms with Crippen LogP contribution in [0.2, 0.25) is 0 Å². The number of hydrogen-bond acceptors (Lipinski definition) is 1. The van der Waals surface area contributed by atoms with Gasteiger partial charge in [0.25, 0.3) is 0 Å². The van der Waals surface area contributed by atoms with Crippen molar-refractivity contribution in [2.45, 2.75) is 123 Å². The van der Waals surface area contributed by atoms with Gasteiger partial charge in [-0.25, -0.2) is 4.39 Å². The molecule has 2 unspecified atom stereocenters. The minimum Gasteiger partial charge on any atom is -0.381 e. The molecule has 0 aliphatic heterocycles. The second-order valence-corrected chi connectivity index (χ2v) is 8.46. The largest absolute Gasteiger partial charge is 0.381 e. The van der Waals surface area contributed by atoms with Gasteiger partial charge in [0.2, 0.25) is 0 Å². The lowest BCUT2D eigenvalue weighted by Gasteiger charge is -2.11. The van der Waals surface area contributed by atoms with Crippen LogP contribution >= 0.6 is 0 Å². The topological polar surface area (TPSA) is 9.23 Å². The van der Waals surface area contributed by atoms with Gasteiger partial charge >= 0.3 is 0 Å². The van der Waals surface area contributed by atoms with Crippen molar-refractivity contribution in [1.29, 1.82) is 0 Å². The Morgan fingerprint density at radius 1 is 0.731 bits per heavy atom. The van der Waals surface area contributed by atoms with Crippen LogP contribution in [0.1, 0.15) is 117 Å². The Morgan fingerprint density at radius 2 is 1.19 bits per heavy atom. The van der Waals surface area contributed by atoms with Crippen molar-refractivity contribution in [2.75, 3.05) is 13.2 Å². The lowest BCUT2D eigenvalue weighted by molar-refractivity contribution is 0.127. The predicted octanol–water partition coefficient (Wildman–Crippen LogP) is 8.42. The van der Waals surface area contributed by atoms with Gasteiger partial charge in [-0.1, -0.05) is 83.1 Å². The molecule has 0 radical (unpaired) electrons. The molecule has 0 saturated heterocycles. The molecule has 0 rings (SSSR count). The maximum absolute atomic E-state index is 12.7. The van der Waals surface area contributed by atoms with Gasteiger partial charge in [0.1, 0.15) is 0 Å². The molecule has 0 aliphatic rings. The summed E-state index contributed by atoms with van der Waals surface area (Å²) in [4.78, 5) is 0. The highest BCUT2D eigenvalue weighted by atomic mass is 19.1. The molecule has 0 aromatic carbocycles. The van der Waals surface area contributed by atoms with Gasteiger partial charge in [-0.3, -0.25) is 0 Å². The van der Waals surface area contributed by atoms with Crippen molar-refractivity contribution in [2.24, 2.45) is 5.92 Å². The van der Waals surface area contributed by atoms with Crippen LogP contribution in [-0.2, 0) is 4.74 Å². The summed E-state index contributed by atoms with van der Waals surface area (Å²) < 4.78 is 18.3. The Kier molecular flexibility index (Phi) is 19.1. The molecule has 0 saturated carbocycles. The quantitative estimate of drug-likeness (QED) is 0.154. The fourth-order valence-electron chi connectivity index (χ4n) is 3.40. The molecule has 0 bridgehead atoms. The summed E-state index contributed by atoms with van der Waals surface area (Å²) in [7, 11) is 0. The first kappa shape index (κ1) is 25.6. The summed E-state index contributed by atoms with van der Waals surface area (Å²) >= 11 is 0. The Morgan fingerprint density at radius 3 is 1.73 bits per heavy atom. The number of alkyl halides is 1. The number of ether oxygens (including phenoxy) is 1. The van der Waals surface area contributed by atoms with E-state index in [-0.39, 0.29) is 0 Å². The third kappa shape index (κ3) is 21.7. The van der Waals surface area contributed by atoms with Crippen molar-refractivity contribution >= 4 is 0 Å². The van der Waals surface area contributed by atoms with E-state index < -0.39 is 6.17 Å². The van der Waals surface area contributed by atoms with E-state index in [0.29, 0.717) is 0 Å². The average Bonchev–Trinajstić information content (AvgIpc) is 2.58. The summed E-state index contributed by atoms with van der Waals surface area (Å²) in [6.07, 6.45) is 18.0. The Labute approximate surface area is 164 Å². The van der Waals surface area contributed by atoms with E-state index in [0.717, 1.165) is 44.8 Å². The highest BCUT2D eigenvalue weighted by Gasteiger charge is 2.02. The fourth-order valence-corrected chi connectivity index (χ4v) is 3.40. The average molecular weight is 371 g/mol. The van der Waals surface area contributed by atoms with Gasteiger partial charge in [-0.15, -0.1) is 6.58 Å². The van der Waals surface area contributed by atoms with Crippen LogP contribution in [-0.4, -0.2) is 19.4 Å². The van der Waals surface area contributed by atoms with Crippen LogP contribution < -0.4 is 0 Å². The second-order valence-electron chi connectivity index (χ2n) is 8.46. The first-order valence-corrected chi connectivity index (χ1v) is 11.4. The molecule has 0 aromatic heterocycles. The van der Waals surface area contributed by atoms with E-state index in [4.69, 9.17) is 4.74 Å². The number of unbranched alkanes of at least 4 members (excludes halogenated alkanes) is 8. The van der Waals surface area contributed by atoms with Crippen LogP contribution in [0.25, 0.3) is 0 Å². The van der Waals surface area contributed by atoms with Crippen molar-refractivity contribution in [1.82, 2.24) is 0 Å². The van der Waals surface area contributed by atoms with Crippen molar-refractivity contribution in [3.63, 3.8) is 0 Å². The molecular formula is C24H47FO. The molecular weight excluding hydrogens is 323 g/mol. The molecule has 0 aromatic rings. The lowest BCUT2D eigenvalue weighted by Crippen LogP contribution is -2.00. The smallest absolute Gasteiger partial charge is 0.0973 e. The molecule has 156 valence electrons. The van der Waals surface area contributed by atoms with Crippen molar-refractivity contribution in [3.05, 3.63) is 12.2 Å². The van der Waals surface area contributed by atoms with E-state index in [1.165, 1.54) is 76.2 Å². The van der Waals surface area contributed by atoms with Crippen LogP contribution in [0.15, 0.2) is 12.2 Å². The van der Waals surface area contributed by atoms with Crippen LogP contribution in [0.4, 0.5) is 4.39 Å². The molecule has 0 N–H and O–H groups in total. The first-order valence-electron chi connectivity index (χ1n) is 11.4. The zero-order valence-electron chi connectivity index (χ0n) is 18.2. The van der Waals surface area contributed by atoms with Crippen molar-refractivity contribution < 1.29 is 9.13 Å². The minimum absolute atomic E-state index is 0.615. The van der Waals surface area contributed by atoms with E-state index >= 15 is 0 Å². The molecule has 0 amide bonds. The normalized spacial score (nSPS) is 13.7. The molecule has 0 aliphatic carbocycles. The molecule has 0 heterocycles. The highest BCUT2D eigenvalue weighted by molar-refractivity contribution is 4.86. The van der Waals surface area contributed by atoms with E-state index in [2.05, 4.69) is 20.4 Å². The van der Waals surface area contributed by atoms with Crippen LogP contribution in [0, 0.1) is 5.92 Å². The number of hydrogen-bond donors (Lipinski definition) is 0. The maximum atomic E-state index is 12.7. The van der Waals surface area contributed by atoms with E-state index in [1.807, 2.05) is 0 Å². The fraction of sp³-hybridized carbons (Fsp3) is 0.917. The van der Waals surface area contributed by atoms with Crippen LogP contribution in [0.5, 0.6) is 0 Å². The van der Waals surface area contributed by atoms with Gasteiger partial charge in [0, 0.05) is 13.2 Å². The minimum atomic E-state index is -0.615. The summed E-state index contributed by atoms with van der Waals surface area (Å²) in [5, 5.41) is 0. The maximum Gasteiger partial charge on any atom is 0.0973 e. The Balaban J connectivity index is 3.17. The number of rotatable bonds is 20. The summed E-state index contributed by atoms with van der Waals surface area (Å²) in [5.74, 6) is 0.862. The van der Waals surface area contributed by atoms with Gasteiger partial charge in [0.05, 0.1) is 6.17 Å². The van der Waals surface area contributed by atoms with Gasteiger partial charge in [0.15, 0.2) is 0 Å². The number of halogens is 1. The summed E-state index contributed by atoms with van der Waals surface area (Å²) in [6.45, 7) is 11.9. The monoisotopic (exact) mass is 370 g/mol. The standard InChI is InChI=1S/C24H47FO/c1-22(2)16-15-21-26-20-14-13-18-23(3)17-11-9-7-5-6-8-10-12-19-24(4)25/h23-24H,1,5-21H2,2-4H3. The highest BCUT2D eigenvalue weighted by Crippen LogP contribution is 2.17. The lowest BCUT2D eigenvalue weighted by atomic mass is 9.96. The first-order chi connectivity index (χ1) is 12.5. The molecule has 2 heteroatoms. The summed E-state index contributed by atoms with van der Waals surface area (Å²) in [5.41, 5.74) is 1.26. The molecule has 2 atom stereocenters. The predicted molar refractivity (Wildman–Crippen MR) is 115 cm³/mol.